The molecule has 7 heteroatoms. The lowest BCUT2D eigenvalue weighted by Crippen LogP contribution is -2.57. The minimum Gasteiger partial charge on any atom is -0.369 e. The molecule has 3 aliphatic rings. The number of carbonyl (C=O) groups is 3. The molecule has 1 saturated carbocycles. The molecule has 0 bridgehead atoms. The van der Waals surface area contributed by atoms with E-state index in [4.69, 9.17) is 5.73 Å². The third-order valence-corrected chi connectivity index (χ3v) is 6.62. The molecule has 2 aliphatic heterocycles. The Balaban J connectivity index is 1.49. The quantitative estimate of drug-likeness (QED) is 0.785. The first-order valence-corrected chi connectivity index (χ1v) is 10.6. The summed E-state index contributed by atoms with van der Waals surface area (Å²) in [7, 11) is 0. The summed E-state index contributed by atoms with van der Waals surface area (Å²) in [5.74, 6) is 0.0694. The molecule has 3 rings (SSSR count). The van der Waals surface area contributed by atoms with Crippen LogP contribution in [0, 0.1) is 11.8 Å². The highest BCUT2D eigenvalue weighted by molar-refractivity contribution is 5.83. The van der Waals surface area contributed by atoms with Crippen LogP contribution in [0.25, 0.3) is 0 Å². The molecule has 0 aromatic carbocycles. The van der Waals surface area contributed by atoms with Crippen LogP contribution in [0.5, 0.6) is 0 Å². The van der Waals surface area contributed by atoms with Gasteiger partial charge in [0.2, 0.25) is 17.7 Å². The molecule has 2 atom stereocenters. The van der Waals surface area contributed by atoms with E-state index in [1.807, 2.05) is 11.8 Å². The Morgan fingerprint density at radius 3 is 2.07 bits per heavy atom. The lowest BCUT2D eigenvalue weighted by molar-refractivity contribution is -0.142. The van der Waals surface area contributed by atoms with Crippen LogP contribution in [0.3, 0.4) is 0 Å². The van der Waals surface area contributed by atoms with Crippen LogP contribution in [-0.4, -0.2) is 77.7 Å². The Kier molecular flexibility index (Phi) is 6.73. The Labute approximate surface area is 162 Å². The number of piperidine rings is 1. The SMILES string of the molecule is CC(C(=O)N1CCCC(C(N)=O)C1)N1CCN(C(=O)C2CCCCC2)CC1. The van der Waals surface area contributed by atoms with Crippen LogP contribution >= 0.6 is 0 Å². The third-order valence-electron chi connectivity index (χ3n) is 6.62. The van der Waals surface area contributed by atoms with Gasteiger partial charge in [-0.2, -0.15) is 0 Å². The molecule has 2 saturated heterocycles. The smallest absolute Gasteiger partial charge is 0.239 e. The van der Waals surface area contributed by atoms with Gasteiger partial charge in [-0.1, -0.05) is 19.3 Å². The van der Waals surface area contributed by atoms with Crippen molar-refractivity contribution in [2.75, 3.05) is 39.3 Å². The van der Waals surface area contributed by atoms with E-state index in [2.05, 4.69) is 4.90 Å². The van der Waals surface area contributed by atoms with Gasteiger partial charge in [-0.3, -0.25) is 19.3 Å². The van der Waals surface area contributed by atoms with Gasteiger partial charge in [-0.05, 0) is 32.6 Å². The summed E-state index contributed by atoms with van der Waals surface area (Å²) in [4.78, 5) is 43.0. The average Bonchev–Trinajstić information content (AvgIpc) is 2.73. The number of amides is 3. The highest BCUT2D eigenvalue weighted by Gasteiger charge is 2.34. The highest BCUT2D eigenvalue weighted by atomic mass is 16.2. The fourth-order valence-electron chi connectivity index (χ4n) is 4.77. The van der Waals surface area contributed by atoms with Crippen molar-refractivity contribution in [1.29, 1.82) is 0 Å². The molecular weight excluding hydrogens is 344 g/mol. The number of primary amides is 1. The largest absolute Gasteiger partial charge is 0.369 e. The van der Waals surface area contributed by atoms with Gasteiger partial charge in [0.05, 0.1) is 12.0 Å². The Hall–Kier alpha value is -1.63. The number of nitrogens with zero attached hydrogens (tertiary/aromatic N) is 3. The fourth-order valence-corrected chi connectivity index (χ4v) is 4.77. The number of hydrogen-bond acceptors (Lipinski definition) is 4. The van der Waals surface area contributed by atoms with Crippen LogP contribution in [0.2, 0.25) is 0 Å². The first kappa shape index (κ1) is 20.1. The van der Waals surface area contributed by atoms with Gasteiger partial charge in [-0.15, -0.1) is 0 Å². The fraction of sp³-hybridized carbons (Fsp3) is 0.850. The lowest BCUT2D eigenvalue weighted by Gasteiger charge is -2.41. The maximum Gasteiger partial charge on any atom is 0.239 e. The predicted octanol–water partition coefficient (Wildman–Crippen LogP) is 0.823. The molecule has 0 aromatic rings. The molecule has 0 aromatic heterocycles. The molecule has 7 nitrogen and oxygen atoms in total. The normalized spacial score (nSPS) is 26.6. The van der Waals surface area contributed by atoms with E-state index in [9.17, 15) is 14.4 Å². The van der Waals surface area contributed by atoms with Gasteiger partial charge in [0.25, 0.3) is 0 Å². The van der Waals surface area contributed by atoms with Crippen LogP contribution in [0.15, 0.2) is 0 Å². The summed E-state index contributed by atoms with van der Waals surface area (Å²) < 4.78 is 0. The van der Waals surface area contributed by atoms with Crippen LogP contribution in [0.4, 0.5) is 0 Å². The predicted molar refractivity (Wildman–Crippen MR) is 103 cm³/mol. The maximum absolute atomic E-state index is 12.9. The van der Waals surface area contributed by atoms with Gasteiger partial charge in [0.15, 0.2) is 0 Å². The van der Waals surface area contributed by atoms with E-state index in [1.165, 1.54) is 19.3 Å². The van der Waals surface area contributed by atoms with Gasteiger partial charge in [0, 0.05) is 45.2 Å². The highest BCUT2D eigenvalue weighted by Crippen LogP contribution is 2.26. The number of carbonyl (C=O) groups excluding carboxylic acids is 3. The second-order valence-corrected chi connectivity index (χ2v) is 8.40. The number of nitrogens with two attached hydrogens (primary N) is 1. The molecule has 2 unspecified atom stereocenters. The van der Waals surface area contributed by atoms with Crippen molar-refractivity contribution in [1.82, 2.24) is 14.7 Å². The summed E-state index contributed by atoms with van der Waals surface area (Å²) in [5, 5.41) is 0. The lowest BCUT2D eigenvalue weighted by atomic mass is 9.88. The number of hydrogen-bond donors (Lipinski definition) is 1. The summed E-state index contributed by atoms with van der Waals surface area (Å²) >= 11 is 0. The zero-order valence-corrected chi connectivity index (χ0v) is 16.6. The van der Waals surface area contributed by atoms with E-state index in [-0.39, 0.29) is 29.7 Å². The molecule has 3 fully saturated rings. The minimum absolute atomic E-state index is 0.0769. The standard InChI is InChI=1S/C20H34N4O3/c1-15(19(26)24-9-5-8-17(14-24)18(21)25)22-10-12-23(13-11-22)20(27)16-6-3-2-4-7-16/h15-17H,2-14H2,1H3,(H2,21,25). The molecule has 2 N–H and O–H groups in total. The Morgan fingerprint density at radius 1 is 0.815 bits per heavy atom. The molecule has 0 radical (unpaired) electrons. The van der Waals surface area contributed by atoms with Gasteiger partial charge in [0.1, 0.15) is 0 Å². The van der Waals surface area contributed by atoms with E-state index in [0.29, 0.717) is 32.1 Å². The van der Waals surface area contributed by atoms with E-state index in [1.54, 1.807) is 4.90 Å². The number of rotatable bonds is 4. The van der Waals surface area contributed by atoms with Crippen LogP contribution in [-0.2, 0) is 14.4 Å². The van der Waals surface area contributed by atoms with Crippen molar-refractivity contribution in [3.63, 3.8) is 0 Å². The first-order chi connectivity index (χ1) is 13.0. The average molecular weight is 379 g/mol. The van der Waals surface area contributed by atoms with Crippen molar-refractivity contribution in [2.45, 2.75) is 57.9 Å². The van der Waals surface area contributed by atoms with Gasteiger partial charge < -0.3 is 15.5 Å². The van der Waals surface area contributed by atoms with Crippen molar-refractivity contribution in [3.8, 4) is 0 Å². The van der Waals surface area contributed by atoms with Crippen molar-refractivity contribution < 1.29 is 14.4 Å². The monoisotopic (exact) mass is 378 g/mol. The molecule has 3 amide bonds. The van der Waals surface area contributed by atoms with E-state index >= 15 is 0 Å². The van der Waals surface area contributed by atoms with E-state index in [0.717, 1.165) is 38.8 Å². The van der Waals surface area contributed by atoms with E-state index < -0.39 is 0 Å². The number of likely N-dealkylation sites (tertiary alicyclic amines) is 1. The van der Waals surface area contributed by atoms with Gasteiger partial charge >= 0.3 is 0 Å². The molecule has 2 heterocycles. The zero-order valence-electron chi connectivity index (χ0n) is 16.6. The molecule has 0 spiro atoms. The summed E-state index contributed by atoms with van der Waals surface area (Å²) in [6.45, 7) is 5.96. The molecule has 27 heavy (non-hydrogen) atoms. The zero-order chi connectivity index (χ0) is 19.4. The summed E-state index contributed by atoms with van der Waals surface area (Å²) in [5.41, 5.74) is 5.43. The third kappa shape index (κ3) is 4.81. The minimum atomic E-state index is -0.310. The topological polar surface area (TPSA) is 86.9 Å². The summed E-state index contributed by atoms with van der Waals surface area (Å²) in [6.07, 6.45) is 7.26. The summed E-state index contributed by atoms with van der Waals surface area (Å²) in [6, 6.07) is -0.219. The van der Waals surface area contributed by atoms with Crippen LogP contribution in [0.1, 0.15) is 51.9 Å². The molecule has 152 valence electrons. The van der Waals surface area contributed by atoms with Crippen molar-refractivity contribution in [3.05, 3.63) is 0 Å². The Bertz CT molecular complexity index is 553. The molecule has 1 aliphatic carbocycles. The second-order valence-electron chi connectivity index (χ2n) is 8.40. The van der Waals surface area contributed by atoms with Crippen molar-refractivity contribution >= 4 is 17.7 Å². The van der Waals surface area contributed by atoms with Gasteiger partial charge in [-0.25, -0.2) is 0 Å². The maximum atomic E-state index is 12.9. The van der Waals surface area contributed by atoms with Crippen molar-refractivity contribution in [2.24, 2.45) is 17.6 Å². The molecular formula is C20H34N4O3. The first-order valence-electron chi connectivity index (χ1n) is 10.6. The number of piperazine rings is 1. The van der Waals surface area contributed by atoms with Crippen LogP contribution < -0.4 is 5.73 Å². The Morgan fingerprint density at radius 2 is 1.44 bits per heavy atom. The second kappa shape index (κ2) is 9.04.